The SMILES string of the molecule is CCOc1cccc2c1OCCCCCN(C(=O)CC1CCN(C)CC1)CCN(Cc1ccccc1)C2. The zero-order valence-corrected chi connectivity index (χ0v) is 22.9. The summed E-state index contributed by atoms with van der Waals surface area (Å²) in [5, 5.41) is 0. The van der Waals surface area contributed by atoms with E-state index in [0.29, 0.717) is 31.5 Å². The first kappa shape index (κ1) is 27.5. The van der Waals surface area contributed by atoms with E-state index in [1.54, 1.807) is 0 Å². The fourth-order valence-electron chi connectivity index (χ4n) is 5.44. The molecule has 0 spiro atoms. The summed E-state index contributed by atoms with van der Waals surface area (Å²) in [5.41, 5.74) is 2.42. The van der Waals surface area contributed by atoms with Crippen molar-refractivity contribution in [1.29, 1.82) is 0 Å². The Morgan fingerprint density at radius 3 is 2.54 bits per heavy atom. The Hall–Kier alpha value is -2.57. The van der Waals surface area contributed by atoms with Crippen LogP contribution in [0.1, 0.15) is 56.6 Å². The van der Waals surface area contributed by atoms with Crippen LogP contribution in [0.25, 0.3) is 0 Å². The molecule has 0 bridgehead atoms. The Labute approximate surface area is 223 Å². The fraction of sp³-hybridized carbons (Fsp3) is 0.581. The van der Waals surface area contributed by atoms with Gasteiger partial charge >= 0.3 is 0 Å². The maximum atomic E-state index is 13.5. The maximum absolute atomic E-state index is 13.5. The summed E-state index contributed by atoms with van der Waals surface area (Å²) in [7, 11) is 2.18. The molecule has 1 amide bonds. The molecule has 0 radical (unpaired) electrons. The number of nitrogens with zero attached hydrogens (tertiary/aromatic N) is 3. The number of para-hydroxylation sites is 1. The van der Waals surface area contributed by atoms with Gasteiger partial charge < -0.3 is 19.3 Å². The van der Waals surface area contributed by atoms with Crippen LogP contribution in [0.2, 0.25) is 0 Å². The van der Waals surface area contributed by atoms with E-state index >= 15 is 0 Å². The van der Waals surface area contributed by atoms with Crippen LogP contribution in [0.4, 0.5) is 0 Å². The van der Waals surface area contributed by atoms with E-state index in [0.717, 1.165) is 95.0 Å². The number of hydrogen-bond donors (Lipinski definition) is 0. The van der Waals surface area contributed by atoms with Crippen LogP contribution in [-0.2, 0) is 17.9 Å². The van der Waals surface area contributed by atoms with Gasteiger partial charge in [0, 0.05) is 44.7 Å². The number of likely N-dealkylation sites (tertiary alicyclic amines) is 1. The number of hydrogen-bond acceptors (Lipinski definition) is 5. The first-order valence-electron chi connectivity index (χ1n) is 14.2. The van der Waals surface area contributed by atoms with Crippen molar-refractivity contribution in [3.8, 4) is 11.5 Å². The molecule has 1 saturated heterocycles. The molecule has 2 heterocycles. The normalized spacial score (nSPS) is 19.1. The Kier molecular flexibility index (Phi) is 10.7. The molecule has 2 aliphatic rings. The summed E-state index contributed by atoms with van der Waals surface area (Å²) in [6, 6.07) is 16.8. The first-order valence-corrected chi connectivity index (χ1v) is 14.2. The minimum atomic E-state index is 0.333. The van der Waals surface area contributed by atoms with Crippen LogP contribution in [0, 0.1) is 5.92 Å². The number of rotatable bonds is 6. The summed E-state index contributed by atoms with van der Waals surface area (Å²) in [6.45, 7) is 9.50. The predicted octanol–water partition coefficient (Wildman–Crippen LogP) is 5.21. The molecule has 2 aliphatic heterocycles. The first-order chi connectivity index (χ1) is 18.1. The Balaban J connectivity index is 1.51. The second kappa shape index (κ2) is 14.4. The molecule has 0 N–H and O–H groups in total. The molecule has 202 valence electrons. The molecule has 2 aromatic rings. The van der Waals surface area contributed by atoms with Gasteiger partial charge in [0.15, 0.2) is 11.5 Å². The molecular formula is C31H45N3O3. The van der Waals surface area contributed by atoms with Gasteiger partial charge in [-0.2, -0.15) is 0 Å². The highest BCUT2D eigenvalue weighted by atomic mass is 16.5. The number of ether oxygens (including phenoxy) is 2. The Bertz CT molecular complexity index is 959. The lowest BCUT2D eigenvalue weighted by atomic mass is 9.93. The minimum absolute atomic E-state index is 0.333. The number of benzene rings is 2. The van der Waals surface area contributed by atoms with Crippen LogP contribution in [0.5, 0.6) is 11.5 Å². The van der Waals surface area contributed by atoms with Crippen molar-refractivity contribution in [3.05, 3.63) is 59.7 Å². The van der Waals surface area contributed by atoms with E-state index in [1.165, 1.54) is 5.56 Å². The van der Waals surface area contributed by atoms with Gasteiger partial charge in [0.25, 0.3) is 0 Å². The van der Waals surface area contributed by atoms with Crippen LogP contribution >= 0.6 is 0 Å². The van der Waals surface area contributed by atoms with Gasteiger partial charge in [-0.1, -0.05) is 42.5 Å². The van der Waals surface area contributed by atoms with Gasteiger partial charge in [0.2, 0.25) is 5.91 Å². The van der Waals surface area contributed by atoms with Gasteiger partial charge in [0.1, 0.15) is 0 Å². The van der Waals surface area contributed by atoms with E-state index < -0.39 is 0 Å². The van der Waals surface area contributed by atoms with Crippen molar-refractivity contribution in [3.63, 3.8) is 0 Å². The molecule has 0 saturated carbocycles. The summed E-state index contributed by atoms with van der Waals surface area (Å²) in [4.78, 5) is 20.4. The summed E-state index contributed by atoms with van der Waals surface area (Å²) in [5.74, 6) is 2.55. The molecule has 4 rings (SSSR count). The second-order valence-corrected chi connectivity index (χ2v) is 10.6. The minimum Gasteiger partial charge on any atom is -0.490 e. The molecule has 0 aromatic heterocycles. The van der Waals surface area contributed by atoms with E-state index in [2.05, 4.69) is 64.2 Å². The molecule has 6 nitrogen and oxygen atoms in total. The third kappa shape index (κ3) is 8.47. The average Bonchev–Trinajstić information content (AvgIpc) is 2.92. The van der Waals surface area contributed by atoms with Crippen molar-refractivity contribution < 1.29 is 14.3 Å². The van der Waals surface area contributed by atoms with Crippen LogP contribution in [0.15, 0.2) is 48.5 Å². The van der Waals surface area contributed by atoms with Gasteiger partial charge in [-0.25, -0.2) is 0 Å². The number of carbonyl (C=O) groups excluding carboxylic acids is 1. The zero-order chi connectivity index (χ0) is 25.9. The highest BCUT2D eigenvalue weighted by Gasteiger charge is 2.24. The van der Waals surface area contributed by atoms with Crippen LogP contribution < -0.4 is 9.47 Å². The van der Waals surface area contributed by atoms with Crippen molar-refractivity contribution >= 4 is 5.91 Å². The average molecular weight is 508 g/mol. The number of fused-ring (bicyclic) bond motifs is 1. The number of amides is 1. The lowest BCUT2D eigenvalue weighted by Gasteiger charge is -2.32. The Morgan fingerprint density at radius 1 is 0.946 bits per heavy atom. The lowest BCUT2D eigenvalue weighted by Crippen LogP contribution is -2.40. The van der Waals surface area contributed by atoms with Crippen molar-refractivity contribution in [1.82, 2.24) is 14.7 Å². The third-order valence-electron chi connectivity index (χ3n) is 7.66. The lowest BCUT2D eigenvalue weighted by molar-refractivity contribution is -0.133. The van der Waals surface area contributed by atoms with Gasteiger partial charge in [-0.3, -0.25) is 9.69 Å². The quantitative estimate of drug-likeness (QED) is 0.537. The van der Waals surface area contributed by atoms with Gasteiger partial charge in [0.05, 0.1) is 13.2 Å². The summed E-state index contributed by atoms with van der Waals surface area (Å²) in [6.07, 6.45) is 6.00. The van der Waals surface area contributed by atoms with Crippen molar-refractivity contribution in [2.75, 3.05) is 53.0 Å². The zero-order valence-electron chi connectivity index (χ0n) is 22.9. The van der Waals surface area contributed by atoms with Crippen molar-refractivity contribution in [2.45, 2.75) is 58.5 Å². The van der Waals surface area contributed by atoms with Gasteiger partial charge in [-0.05, 0) is 76.7 Å². The molecule has 1 fully saturated rings. The maximum Gasteiger partial charge on any atom is 0.222 e. The predicted molar refractivity (Wildman–Crippen MR) is 149 cm³/mol. The van der Waals surface area contributed by atoms with E-state index in [1.807, 2.05) is 13.0 Å². The van der Waals surface area contributed by atoms with Gasteiger partial charge in [-0.15, -0.1) is 0 Å². The smallest absolute Gasteiger partial charge is 0.222 e. The molecule has 6 heteroatoms. The fourth-order valence-corrected chi connectivity index (χ4v) is 5.44. The highest BCUT2D eigenvalue weighted by molar-refractivity contribution is 5.76. The van der Waals surface area contributed by atoms with Crippen molar-refractivity contribution in [2.24, 2.45) is 5.92 Å². The van der Waals surface area contributed by atoms with E-state index in [-0.39, 0.29) is 0 Å². The van der Waals surface area contributed by atoms with Crippen LogP contribution in [0.3, 0.4) is 0 Å². The third-order valence-corrected chi connectivity index (χ3v) is 7.66. The molecule has 0 unspecified atom stereocenters. The molecular weight excluding hydrogens is 462 g/mol. The molecule has 2 aromatic carbocycles. The van der Waals surface area contributed by atoms with E-state index in [9.17, 15) is 4.79 Å². The summed E-state index contributed by atoms with van der Waals surface area (Å²) < 4.78 is 12.3. The standard InChI is InChI=1S/C31H45N3O3/c1-3-36-29-14-10-13-28-25-33(24-27-11-6-4-7-12-27)20-21-34(17-8-5-9-22-37-31(28)29)30(35)23-26-15-18-32(2)19-16-26/h4,6-7,10-14,26H,3,5,8-9,15-25H2,1-2H3. The number of piperidine rings is 1. The molecule has 37 heavy (non-hydrogen) atoms. The number of carbonyl (C=O) groups is 1. The summed E-state index contributed by atoms with van der Waals surface area (Å²) >= 11 is 0. The highest BCUT2D eigenvalue weighted by Crippen LogP contribution is 2.33. The monoisotopic (exact) mass is 507 g/mol. The largest absolute Gasteiger partial charge is 0.490 e. The Morgan fingerprint density at radius 2 is 1.76 bits per heavy atom. The van der Waals surface area contributed by atoms with Crippen LogP contribution in [-0.4, -0.2) is 73.6 Å². The molecule has 0 atom stereocenters. The molecule has 0 aliphatic carbocycles. The second-order valence-electron chi connectivity index (χ2n) is 10.6. The van der Waals surface area contributed by atoms with E-state index in [4.69, 9.17) is 9.47 Å². The topological polar surface area (TPSA) is 45.3 Å².